The number of methoxy groups -OCH3 is 1. The number of hydrogen-bond donors (Lipinski definition) is 2. The standard InChI is InChI=1S/C19H26N2O5/c1-24-17(22)13-25-16-7-5-14(6-8-16)20-18(23)21-15-11-19(26-12-15)9-3-2-4-10-19/h5-8,15H,2-4,9-13H2,1H3,(H2,20,21,23)/t15-/m0/s1. The Morgan fingerprint density at radius 2 is 1.92 bits per heavy atom. The van der Waals surface area contributed by atoms with Gasteiger partial charge in [-0.05, 0) is 43.5 Å². The quantitative estimate of drug-likeness (QED) is 0.787. The molecule has 0 bridgehead atoms. The molecular formula is C19H26N2O5. The lowest BCUT2D eigenvalue weighted by molar-refractivity contribution is -0.142. The third-order valence-electron chi connectivity index (χ3n) is 5.01. The molecule has 1 saturated carbocycles. The highest BCUT2D eigenvalue weighted by atomic mass is 16.6. The summed E-state index contributed by atoms with van der Waals surface area (Å²) < 4.78 is 15.8. The van der Waals surface area contributed by atoms with Crippen LogP contribution in [0.2, 0.25) is 0 Å². The molecule has 2 N–H and O–H groups in total. The second-order valence-electron chi connectivity index (χ2n) is 6.94. The van der Waals surface area contributed by atoms with E-state index in [2.05, 4.69) is 15.4 Å². The molecule has 142 valence electrons. The number of anilines is 1. The molecule has 2 fully saturated rings. The zero-order valence-electron chi connectivity index (χ0n) is 15.1. The Kier molecular flexibility index (Phi) is 5.98. The van der Waals surface area contributed by atoms with E-state index in [9.17, 15) is 9.59 Å². The molecule has 2 amide bonds. The van der Waals surface area contributed by atoms with Crippen molar-refractivity contribution in [1.29, 1.82) is 0 Å². The Balaban J connectivity index is 1.44. The summed E-state index contributed by atoms with van der Waals surface area (Å²) in [5.74, 6) is 0.0888. The number of urea groups is 1. The van der Waals surface area contributed by atoms with E-state index < -0.39 is 5.97 Å². The van der Waals surface area contributed by atoms with Gasteiger partial charge >= 0.3 is 12.0 Å². The average molecular weight is 362 g/mol. The fraction of sp³-hybridized carbons (Fsp3) is 0.579. The van der Waals surface area contributed by atoms with Crippen LogP contribution >= 0.6 is 0 Å². The zero-order chi connectivity index (χ0) is 18.4. The molecule has 0 aromatic heterocycles. The summed E-state index contributed by atoms with van der Waals surface area (Å²) in [5.41, 5.74) is 0.633. The molecule has 1 aliphatic heterocycles. The molecule has 1 atom stereocenters. The maximum atomic E-state index is 12.2. The van der Waals surface area contributed by atoms with Crippen molar-refractivity contribution in [3.05, 3.63) is 24.3 Å². The van der Waals surface area contributed by atoms with Gasteiger partial charge in [0.2, 0.25) is 0 Å². The first kappa shape index (κ1) is 18.5. The van der Waals surface area contributed by atoms with Gasteiger partial charge in [0.25, 0.3) is 0 Å². The highest BCUT2D eigenvalue weighted by Crippen LogP contribution is 2.39. The van der Waals surface area contributed by atoms with Crippen LogP contribution in [0, 0.1) is 0 Å². The maximum Gasteiger partial charge on any atom is 0.343 e. The lowest BCUT2D eigenvalue weighted by Crippen LogP contribution is -2.39. The largest absolute Gasteiger partial charge is 0.482 e. The molecule has 1 aliphatic carbocycles. The van der Waals surface area contributed by atoms with E-state index in [1.54, 1.807) is 24.3 Å². The second kappa shape index (κ2) is 8.40. The Labute approximate surface area is 153 Å². The number of carbonyl (C=O) groups excluding carboxylic acids is 2. The van der Waals surface area contributed by atoms with Gasteiger partial charge in [-0.25, -0.2) is 9.59 Å². The van der Waals surface area contributed by atoms with Gasteiger partial charge in [0.15, 0.2) is 6.61 Å². The third-order valence-corrected chi connectivity index (χ3v) is 5.01. The van der Waals surface area contributed by atoms with Crippen molar-refractivity contribution in [1.82, 2.24) is 5.32 Å². The van der Waals surface area contributed by atoms with Crippen molar-refractivity contribution in [2.45, 2.75) is 50.2 Å². The minimum absolute atomic E-state index is 0.0190. The molecule has 1 aromatic carbocycles. The number of esters is 1. The number of carbonyl (C=O) groups is 2. The van der Waals surface area contributed by atoms with E-state index >= 15 is 0 Å². The van der Waals surface area contributed by atoms with Crippen LogP contribution in [0.4, 0.5) is 10.5 Å². The molecule has 7 nitrogen and oxygen atoms in total. The minimum atomic E-state index is -0.443. The highest BCUT2D eigenvalue weighted by molar-refractivity contribution is 5.89. The lowest BCUT2D eigenvalue weighted by atomic mass is 9.82. The molecule has 2 aliphatic rings. The molecule has 0 radical (unpaired) electrons. The van der Waals surface area contributed by atoms with Crippen LogP contribution < -0.4 is 15.4 Å². The second-order valence-corrected chi connectivity index (χ2v) is 6.94. The first-order valence-corrected chi connectivity index (χ1v) is 9.10. The molecule has 7 heteroatoms. The summed E-state index contributed by atoms with van der Waals surface area (Å²) in [5, 5.41) is 5.80. The van der Waals surface area contributed by atoms with Crippen molar-refractivity contribution < 1.29 is 23.8 Å². The predicted molar refractivity (Wildman–Crippen MR) is 96.3 cm³/mol. The van der Waals surface area contributed by atoms with Crippen LogP contribution in [-0.2, 0) is 14.3 Å². The van der Waals surface area contributed by atoms with Gasteiger partial charge in [-0.3, -0.25) is 0 Å². The van der Waals surface area contributed by atoms with Crippen LogP contribution in [0.3, 0.4) is 0 Å². The van der Waals surface area contributed by atoms with Gasteiger partial charge in [-0.2, -0.15) is 0 Å². The summed E-state index contributed by atoms with van der Waals surface area (Å²) >= 11 is 0. The van der Waals surface area contributed by atoms with E-state index in [1.807, 2.05) is 0 Å². The molecule has 3 rings (SSSR count). The van der Waals surface area contributed by atoms with E-state index in [-0.39, 0.29) is 24.3 Å². The number of amides is 2. The molecular weight excluding hydrogens is 336 g/mol. The fourth-order valence-corrected chi connectivity index (χ4v) is 3.67. The summed E-state index contributed by atoms with van der Waals surface area (Å²) in [6.07, 6.45) is 6.79. The van der Waals surface area contributed by atoms with Crippen LogP contribution in [0.25, 0.3) is 0 Å². The SMILES string of the molecule is COC(=O)COc1ccc(NC(=O)N[C@@H]2COC3(CCCCC3)C2)cc1. The third kappa shape index (κ3) is 4.88. The van der Waals surface area contributed by atoms with E-state index in [4.69, 9.17) is 9.47 Å². The Morgan fingerprint density at radius 1 is 1.19 bits per heavy atom. The normalized spacial score (nSPS) is 21.2. The first-order chi connectivity index (χ1) is 12.6. The zero-order valence-corrected chi connectivity index (χ0v) is 15.1. The van der Waals surface area contributed by atoms with Gasteiger partial charge < -0.3 is 24.8 Å². The average Bonchev–Trinajstić information content (AvgIpc) is 3.03. The van der Waals surface area contributed by atoms with Gasteiger partial charge in [0.1, 0.15) is 5.75 Å². The highest BCUT2D eigenvalue weighted by Gasteiger charge is 2.41. The number of rotatable bonds is 5. The molecule has 26 heavy (non-hydrogen) atoms. The maximum absolute atomic E-state index is 12.2. The van der Waals surface area contributed by atoms with Crippen molar-refractivity contribution in [2.24, 2.45) is 0 Å². The number of benzene rings is 1. The van der Waals surface area contributed by atoms with Gasteiger partial charge in [-0.15, -0.1) is 0 Å². The topological polar surface area (TPSA) is 85.9 Å². The smallest absolute Gasteiger partial charge is 0.343 e. The summed E-state index contributed by atoms with van der Waals surface area (Å²) in [6.45, 7) is 0.431. The fourth-order valence-electron chi connectivity index (χ4n) is 3.67. The molecule has 1 saturated heterocycles. The van der Waals surface area contributed by atoms with Crippen LogP contribution in [0.1, 0.15) is 38.5 Å². The number of nitrogens with one attached hydrogen (secondary N) is 2. The van der Waals surface area contributed by atoms with Gasteiger partial charge in [0.05, 0.1) is 25.4 Å². The van der Waals surface area contributed by atoms with Crippen LogP contribution in [0.5, 0.6) is 5.75 Å². The first-order valence-electron chi connectivity index (χ1n) is 9.10. The minimum Gasteiger partial charge on any atom is -0.482 e. The number of hydrogen-bond acceptors (Lipinski definition) is 5. The van der Waals surface area contributed by atoms with E-state index in [0.717, 1.165) is 19.3 Å². The van der Waals surface area contributed by atoms with Crippen LogP contribution in [-0.4, -0.2) is 44.0 Å². The van der Waals surface area contributed by atoms with Crippen molar-refractivity contribution in [2.75, 3.05) is 25.6 Å². The molecule has 1 heterocycles. The van der Waals surface area contributed by atoms with Crippen LogP contribution in [0.15, 0.2) is 24.3 Å². The summed E-state index contributed by atoms with van der Waals surface area (Å²) in [7, 11) is 1.31. The van der Waals surface area contributed by atoms with Crippen molar-refractivity contribution in [3.63, 3.8) is 0 Å². The lowest BCUT2D eigenvalue weighted by Gasteiger charge is -2.32. The van der Waals surface area contributed by atoms with E-state index in [0.29, 0.717) is 18.0 Å². The summed E-state index contributed by atoms with van der Waals surface area (Å²) in [4.78, 5) is 23.3. The predicted octanol–water partition coefficient (Wildman–Crippen LogP) is 2.85. The molecule has 1 spiro atoms. The van der Waals surface area contributed by atoms with Crippen molar-refractivity contribution >= 4 is 17.7 Å². The Hall–Kier alpha value is -2.28. The Bertz CT molecular complexity index is 625. The monoisotopic (exact) mass is 362 g/mol. The number of ether oxygens (including phenoxy) is 3. The van der Waals surface area contributed by atoms with Crippen molar-refractivity contribution in [3.8, 4) is 5.75 Å². The molecule has 0 unspecified atom stereocenters. The van der Waals surface area contributed by atoms with Gasteiger partial charge in [-0.1, -0.05) is 19.3 Å². The summed E-state index contributed by atoms with van der Waals surface area (Å²) in [6, 6.07) is 6.63. The van der Waals surface area contributed by atoms with E-state index in [1.165, 1.54) is 26.4 Å². The Morgan fingerprint density at radius 3 is 2.62 bits per heavy atom. The molecule has 1 aromatic rings. The van der Waals surface area contributed by atoms with Gasteiger partial charge in [0, 0.05) is 5.69 Å².